The minimum atomic E-state index is -0.172. The summed E-state index contributed by atoms with van der Waals surface area (Å²) in [6, 6.07) is 13.8. The molecule has 2 aliphatic rings. The third-order valence-corrected chi connectivity index (χ3v) is 6.28. The highest BCUT2D eigenvalue weighted by Crippen LogP contribution is 2.33. The number of thioether (sulfide) groups is 1. The first kappa shape index (κ1) is 18.8. The zero-order valence-corrected chi connectivity index (χ0v) is 17.3. The van der Waals surface area contributed by atoms with Gasteiger partial charge in [-0.1, -0.05) is 18.2 Å². The molecule has 0 radical (unpaired) electrons. The van der Waals surface area contributed by atoms with Gasteiger partial charge in [-0.2, -0.15) is 10.1 Å². The van der Waals surface area contributed by atoms with Gasteiger partial charge in [0.05, 0.1) is 10.6 Å². The average molecular weight is 416 g/mol. The predicted molar refractivity (Wildman–Crippen MR) is 120 cm³/mol. The van der Waals surface area contributed by atoms with Crippen LogP contribution in [0.4, 0.5) is 0 Å². The SMILES string of the molecule is O=C1N=C(N2CCCCC2)SC1=Cc1cn(-c2ccccc2)nc1-c1ccncc1. The molecule has 0 N–H and O–H groups in total. The van der Waals surface area contributed by atoms with E-state index in [4.69, 9.17) is 5.10 Å². The molecule has 2 aliphatic heterocycles. The van der Waals surface area contributed by atoms with Crippen molar-refractivity contribution in [2.75, 3.05) is 13.1 Å². The molecule has 0 bridgehead atoms. The second-order valence-electron chi connectivity index (χ2n) is 7.31. The maximum Gasteiger partial charge on any atom is 0.286 e. The Hall–Kier alpha value is -3.19. The highest BCUT2D eigenvalue weighted by molar-refractivity contribution is 8.18. The first-order valence-electron chi connectivity index (χ1n) is 10.1. The number of pyridine rings is 1. The largest absolute Gasteiger partial charge is 0.351 e. The normalized spacial score (nSPS) is 18.1. The monoisotopic (exact) mass is 415 g/mol. The summed E-state index contributed by atoms with van der Waals surface area (Å²) in [4.78, 5) is 23.9. The molecule has 1 saturated heterocycles. The van der Waals surface area contributed by atoms with Crippen molar-refractivity contribution in [3.63, 3.8) is 0 Å². The summed E-state index contributed by atoms with van der Waals surface area (Å²) >= 11 is 1.47. The van der Waals surface area contributed by atoms with Crippen LogP contribution in [0.25, 0.3) is 23.0 Å². The second-order valence-corrected chi connectivity index (χ2v) is 8.32. The molecule has 2 aromatic heterocycles. The number of nitrogens with zero attached hydrogens (tertiary/aromatic N) is 5. The van der Waals surface area contributed by atoms with Gasteiger partial charge in [0.25, 0.3) is 5.91 Å². The van der Waals surface area contributed by atoms with Crippen molar-refractivity contribution < 1.29 is 4.79 Å². The summed E-state index contributed by atoms with van der Waals surface area (Å²) in [5.41, 5.74) is 3.62. The molecule has 30 heavy (non-hydrogen) atoms. The first-order chi connectivity index (χ1) is 14.8. The molecule has 7 heteroatoms. The molecular formula is C23H21N5OS. The van der Waals surface area contributed by atoms with E-state index in [9.17, 15) is 4.79 Å². The molecule has 0 aliphatic carbocycles. The molecule has 0 unspecified atom stereocenters. The highest BCUT2D eigenvalue weighted by Gasteiger charge is 2.27. The fraction of sp³-hybridized carbons (Fsp3) is 0.217. The van der Waals surface area contributed by atoms with Crippen molar-refractivity contribution in [1.82, 2.24) is 19.7 Å². The van der Waals surface area contributed by atoms with Crippen LogP contribution in [0.2, 0.25) is 0 Å². The lowest BCUT2D eigenvalue weighted by molar-refractivity contribution is -0.113. The molecule has 1 aromatic carbocycles. The molecule has 1 fully saturated rings. The summed E-state index contributed by atoms with van der Waals surface area (Å²) in [5, 5.41) is 5.63. The van der Waals surface area contributed by atoms with Gasteiger partial charge in [-0.05, 0) is 61.4 Å². The lowest BCUT2D eigenvalue weighted by atomic mass is 10.1. The smallest absolute Gasteiger partial charge is 0.286 e. The van der Waals surface area contributed by atoms with E-state index in [-0.39, 0.29) is 5.91 Å². The van der Waals surface area contributed by atoms with Crippen LogP contribution in [-0.4, -0.2) is 43.8 Å². The molecule has 1 amide bonds. The van der Waals surface area contributed by atoms with Crippen LogP contribution in [-0.2, 0) is 4.79 Å². The number of piperidine rings is 1. The Morgan fingerprint density at radius 2 is 1.73 bits per heavy atom. The van der Waals surface area contributed by atoms with Gasteiger partial charge in [-0.25, -0.2) is 4.68 Å². The number of likely N-dealkylation sites (tertiary alicyclic amines) is 1. The molecule has 4 heterocycles. The number of aromatic nitrogens is 3. The molecule has 150 valence electrons. The number of amidine groups is 1. The van der Waals surface area contributed by atoms with E-state index in [1.54, 1.807) is 12.4 Å². The van der Waals surface area contributed by atoms with E-state index in [1.165, 1.54) is 18.2 Å². The van der Waals surface area contributed by atoms with E-state index in [1.807, 2.05) is 59.4 Å². The van der Waals surface area contributed by atoms with Gasteiger partial charge in [-0.15, -0.1) is 0 Å². The van der Waals surface area contributed by atoms with Crippen LogP contribution in [0.3, 0.4) is 0 Å². The Bertz CT molecular complexity index is 1120. The lowest BCUT2D eigenvalue weighted by Crippen LogP contribution is -2.33. The number of hydrogen-bond acceptors (Lipinski definition) is 5. The van der Waals surface area contributed by atoms with Gasteiger partial charge in [0.15, 0.2) is 5.17 Å². The summed E-state index contributed by atoms with van der Waals surface area (Å²) in [6.07, 6.45) is 10.9. The summed E-state index contributed by atoms with van der Waals surface area (Å²) in [6.45, 7) is 1.95. The molecule has 3 aromatic rings. The van der Waals surface area contributed by atoms with Gasteiger partial charge in [0.2, 0.25) is 0 Å². The maximum atomic E-state index is 12.6. The number of rotatable bonds is 3. The van der Waals surface area contributed by atoms with Crippen LogP contribution < -0.4 is 0 Å². The highest BCUT2D eigenvalue weighted by atomic mass is 32.2. The molecule has 0 saturated carbocycles. The average Bonchev–Trinajstić information content (AvgIpc) is 3.40. The minimum absolute atomic E-state index is 0.172. The van der Waals surface area contributed by atoms with Gasteiger partial charge < -0.3 is 4.90 Å². The van der Waals surface area contributed by atoms with Crippen LogP contribution in [0.1, 0.15) is 24.8 Å². The zero-order chi connectivity index (χ0) is 20.3. The third-order valence-electron chi connectivity index (χ3n) is 5.24. The van der Waals surface area contributed by atoms with Crippen molar-refractivity contribution in [2.45, 2.75) is 19.3 Å². The van der Waals surface area contributed by atoms with E-state index >= 15 is 0 Å². The van der Waals surface area contributed by atoms with Gasteiger partial charge in [-0.3, -0.25) is 9.78 Å². The predicted octanol–water partition coefficient (Wildman–Crippen LogP) is 4.39. The Balaban J connectivity index is 1.50. The van der Waals surface area contributed by atoms with E-state index in [0.29, 0.717) is 4.91 Å². The quantitative estimate of drug-likeness (QED) is 0.594. The Morgan fingerprint density at radius 3 is 2.50 bits per heavy atom. The van der Waals surface area contributed by atoms with E-state index in [2.05, 4.69) is 14.9 Å². The van der Waals surface area contributed by atoms with Gasteiger partial charge >= 0.3 is 0 Å². The number of benzene rings is 1. The van der Waals surface area contributed by atoms with Crippen molar-refractivity contribution in [2.24, 2.45) is 4.99 Å². The number of amides is 1. The summed E-state index contributed by atoms with van der Waals surface area (Å²) < 4.78 is 1.85. The Morgan fingerprint density at radius 1 is 0.967 bits per heavy atom. The van der Waals surface area contributed by atoms with Crippen LogP contribution >= 0.6 is 11.8 Å². The van der Waals surface area contributed by atoms with E-state index in [0.717, 1.165) is 53.6 Å². The third kappa shape index (κ3) is 3.80. The number of hydrogen-bond donors (Lipinski definition) is 0. The minimum Gasteiger partial charge on any atom is -0.351 e. The van der Waals surface area contributed by atoms with Crippen LogP contribution in [0.15, 0.2) is 71.0 Å². The van der Waals surface area contributed by atoms with Gasteiger partial charge in [0.1, 0.15) is 5.69 Å². The fourth-order valence-corrected chi connectivity index (χ4v) is 4.66. The number of para-hydroxylation sites is 1. The van der Waals surface area contributed by atoms with Crippen LogP contribution in [0, 0.1) is 0 Å². The number of carbonyl (C=O) groups is 1. The van der Waals surface area contributed by atoms with Crippen molar-refractivity contribution in [1.29, 1.82) is 0 Å². The Kier molecular flexibility index (Phi) is 5.19. The fourth-order valence-electron chi connectivity index (χ4n) is 3.70. The second kappa shape index (κ2) is 8.28. The summed E-state index contributed by atoms with van der Waals surface area (Å²) in [7, 11) is 0. The molecule has 5 rings (SSSR count). The van der Waals surface area contributed by atoms with Gasteiger partial charge in [0, 0.05) is 42.8 Å². The topological polar surface area (TPSA) is 63.4 Å². The van der Waals surface area contributed by atoms with Crippen molar-refractivity contribution >= 4 is 28.9 Å². The molecule has 0 atom stereocenters. The Labute approximate surface area is 179 Å². The van der Waals surface area contributed by atoms with E-state index < -0.39 is 0 Å². The van der Waals surface area contributed by atoms with Crippen molar-refractivity contribution in [3.8, 4) is 16.9 Å². The number of carbonyl (C=O) groups excluding carboxylic acids is 1. The van der Waals surface area contributed by atoms with Crippen LogP contribution in [0.5, 0.6) is 0 Å². The first-order valence-corrected chi connectivity index (χ1v) is 10.9. The maximum absolute atomic E-state index is 12.6. The standard InChI is InChI=1S/C23H21N5OS/c29-22-20(30-23(25-22)27-13-5-2-6-14-27)15-18-16-28(19-7-3-1-4-8-19)26-21(18)17-9-11-24-12-10-17/h1,3-4,7-12,15-16H,2,5-6,13-14H2. The molecule has 6 nitrogen and oxygen atoms in total. The molecule has 0 spiro atoms. The summed E-state index contributed by atoms with van der Waals surface area (Å²) in [5.74, 6) is -0.172. The lowest BCUT2D eigenvalue weighted by Gasteiger charge is -2.27. The number of aliphatic imine (C=N–C) groups is 1. The zero-order valence-electron chi connectivity index (χ0n) is 16.4. The molecular weight excluding hydrogens is 394 g/mol. The van der Waals surface area contributed by atoms with Crippen molar-refractivity contribution in [3.05, 3.63) is 71.5 Å².